The summed E-state index contributed by atoms with van der Waals surface area (Å²) in [6.07, 6.45) is 4.34. The lowest BCUT2D eigenvalue weighted by Gasteiger charge is -2.17. The quantitative estimate of drug-likeness (QED) is 0.323. The fraction of sp³-hybridized carbons (Fsp3) is 0.579. The SMILES string of the molecule is CN=C(NCc1cccc(NC(=O)C2CCCC2)c1)NC(C)COC.I. The molecule has 2 rings (SSSR count). The third-order valence-corrected chi connectivity index (χ3v) is 4.40. The first-order valence-electron chi connectivity index (χ1n) is 8.98. The van der Waals surface area contributed by atoms with Crippen LogP contribution in [0.15, 0.2) is 29.3 Å². The van der Waals surface area contributed by atoms with Crippen molar-refractivity contribution in [3.8, 4) is 0 Å². The number of carbonyl (C=O) groups excluding carboxylic acids is 1. The topological polar surface area (TPSA) is 74.8 Å². The number of aliphatic imine (C=N–C) groups is 1. The van der Waals surface area contributed by atoms with Gasteiger partial charge < -0.3 is 20.7 Å². The van der Waals surface area contributed by atoms with Crippen LogP contribution in [0.5, 0.6) is 0 Å². The fourth-order valence-electron chi connectivity index (χ4n) is 3.10. The van der Waals surface area contributed by atoms with Crippen molar-refractivity contribution < 1.29 is 9.53 Å². The molecule has 1 unspecified atom stereocenters. The van der Waals surface area contributed by atoms with Gasteiger partial charge in [0.15, 0.2) is 5.96 Å². The first kappa shape index (κ1) is 22.7. The van der Waals surface area contributed by atoms with E-state index in [1.165, 1.54) is 0 Å². The number of hydrogen-bond acceptors (Lipinski definition) is 3. The summed E-state index contributed by atoms with van der Waals surface area (Å²) in [7, 11) is 3.42. The average molecular weight is 474 g/mol. The van der Waals surface area contributed by atoms with Crippen molar-refractivity contribution in [1.29, 1.82) is 0 Å². The van der Waals surface area contributed by atoms with E-state index in [1.807, 2.05) is 31.2 Å². The molecule has 1 aromatic carbocycles. The van der Waals surface area contributed by atoms with Crippen LogP contribution in [-0.4, -0.2) is 38.7 Å². The average Bonchev–Trinajstić information content (AvgIpc) is 3.14. The molecule has 0 aliphatic heterocycles. The highest BCUT2D eigenvalue weighted by atomic mass is 127. The van der Waals surface area contributed by atoms with Crippen molar-refractivity contribution in [1.82, 2.24) is 10.6 Å². The summed E-state index contributed by atoms with van der Waals surface area (Å²) >= 11 is 0. The molecule has 7 heteroatoms. The zero-order valence-corrected chi connectivity index (χ0v) is 18.2. The van der Waals surface area contributed by atoms with Gasteiger partial charge in [0, 0.05) is 38.3 Å². The van der Waals surface area contributed by atoms with Crippen LogP contribution in [0.25, 0.3) is 0 Å². The number of methoxy groups -OCH3 is 1. The van der Waals surface area contributed by atoms with Gasteiger partial charge in [0.05, 0.1) is 6.61 Å². The first-order valence-corrected chi connectivity index (χ1v) is 8.98. The predicted octanol–water partition coefficient (Wildman–Crippen LogP) is 3.13. The molecule has 0 radical (unpaired) electrons. The molecule has 1 aromatic rings. The minimum absolute atomic E-state index is 0. The maximum atomic E-state index is 12.3. The molecule has 0 aromatic heterocycles. The van der Waals surface area contributed by atoms with Crippen molar-refractivity contribution in [2.75, 3.05) is 26.1 Å². The number of anilines is 1. The Bertz CT molecular complexity index is 589. The summed E-state index contributed by atoms with van der Waals surface area (Å²) in [4.78, 5) is 16.5. The molecule has 1 amide bonds. The zero-order valence-electron chi connectivity index (χ0n) is 15.9. The van der Waals surface area contributed by atoms with E-state index >= 15 is 0 Å². The Morgan fingerprint density at radius 3 is 2.73 bits per heavy atom. The largest absolute Gasteiger partial charge is 0.383 e. The van der Waals surface area contributed by atoms with Gasteiger partial charge >= 0.3 is 0 Å². The molecule has 1 atom stereocenters. The number of carbonyl (C=O) groups is 1. The standard InChI is InChI=1S/C19H30N4O2.HI/c1-14(13-25-3)22-19(20-2)21-12-15-7-6-10-17(11-15)23-18(24)16-8-4-5-9-16;/h6-7,10-11,14,16H,4-5,8-9,12-13H2,1-3H3,(H,23,24)(H2,20,21,22);1H. The van der Waals surface area contributed by atoms with E-state index < -0.39 is 0 Å². The van der Waals surface area contributed by atoms with Gasteiger partial charge in [0.1, 0.15) is 0 Å². The van der Waals surface area contributed by atoms with Crippen LogP contribution >= 0.6 is 24.0 Å². The maximum absolute atomic E-state index is 12.3. The minimum Gasteiger partial charge on any atom is -0.383 e. The van der Waals surface area contributed by atoms with Gasteiger partial charge in [-0.05, 0) is 37.5 Å². The summed E-state index contributed by atoms with van der Waals surface area (Å²) in [6.45, 7) is 3.28. The van der Waals surface area contributed by atoms with E-state index in [9.17, 15) is 4.79 Å². The lowest BCUT2D eigenvalue weighted by Crippen LogP contribution is -2.43. The normalized spacial score (nSPS) is 15.9. The molecular weight excluding hydrogens is 443 g/mol. The Kier molecular flexibility index (Phi) is 10.6. The first-order chi connectivity index (χ1) is 12.1. The highest BCUT2D eigenvalue weighted by molar-refractivity contribution is 14.0. The highest BCUT2D eigenvalue weighted by Gasteiger charge is 2.22. The molecule has 0 heterocycles. The van der Waals surface area contributed by atoms with E-state index in [0.29, 0.717) is 13.2 Å². The third-order valence-electron chi connectivity index (χ3n) is 4.40. The van der Waals surface area contributed by atoms with E-state index in [1.54, 1.807) is 14.2 Å². The van der Waals surface area contributed by atoms with Gasteiger partial charge in [-0.1, -0.05) is 25.0 Å². The Hall–Kier alpha value is -1.35. The van der Waals surface area contributed by atoms with Gasteiger partial charge in [-0.25, -0.2) is 0 Å². The van der Waals surface area contributed by atoms with Crippen LogP contribution < -0.4 is 16.0 Å². The molecule has 1 fully saturated rings. The molecule has 26 heavy (non-hydrogen) atoms. The number of hydrogen-bond donors (Lipinski definition) is 3. The number of halogens is 1. The summed E-state index contributed by atoms with van der Waals surface area (Å²) in [5.41, 5.74) is 1.94. The zero-order chi connectivity index (χ0) is 18.1. The van der Waals surface area contributed by atoms with Crippen molar-refractivity contribution in [3.63, 3.8) is 0 Å². The van der Waals surface area contributed by atoms with Crippen LogP contribution in [-0.2, 0) is 16.1 Å². The Morgan fingerprint density at radius 2 is 2.08 bits per heavy atom. The van der Waals surface area contributed by atoms with Gasteiger partial charge in [-0.15, -0.1) is 24.0 Å². The Labute approximate surface area is 173 Å². The Morgan fingerprint density at radius 1 is 1.35 bits per heavy atom. The summed E-state index contributed by atoms with van der Waals surface area (Å²) in [5, 5.41) is 9.59. The second-order valence-electron chi connectivity index (χ2n) is 6.60. The van der Waals surface area contributed by atoms with Gasteiger partial charge in [0.2, 0.25) is 5.91 Å². The van der Waals surface area contributed by atoms with E-state index in [-0.39, 0.29) is 41.8 Å². The lowest BCUT2D eigenvalue weighted by molar-refractivity contribution is -0.119. The molecule has 1 aliphatic carbocycles. The maximum Gasteiger partial charge on any atom is 0.227 e. The third kappa shape index (κ3) is 7.49. The summed E-state index contributed by atoms with van der Waals surface area (Å²) in [5.74, 6) is 1.05. The van der Waals surface area contributed by atoms with E-state index in [4.69, 9.17) is 4.74 Å². The summed E-state index contributed by atoms with van der Waals surface area (Å²) < 4.78 is 5.12. The van der Waals surface area contributed by atoms with Gasteiger partial charge in [-0.2, -0.15) is 0 Å². The smallest absolute Gasteiger partial charge is 0.227 e. The second-order valence-corrected chi connectivity index (χ2v) is 6.60. The molecule has 1 saturated carbocycles. The van der Waals surface area contributed by atoms with Crippen molar-refractivity contribution in [3.05, 3.63) is 29.8 Å². The second kappa shape index (κ2) is 12.1. The van der Waals surface area contributed by atoms with Crippen LogP contribution in [0.3, 0.4) is 0 Å². The van der Waals surface area contributed by atoms with Crippen LogP contribution in [0, 0.1) is 5.92 Å². The van der Waals surface area contributed by atoms with Gasteiger partial charge in [-0.3, -0.25) is 9.79 Å². The predicted molar refractivity (Wildman–Crippen MR) is 117 cm³/mol. The van der Waals surface area contributed by atoms with Crippen molar-refractivity contribution in [2.24, 2.45) is 10.9 Å². The van der Waals surface area contributed by atoms with Crippen LogP contribution in [0.1, 0.15) is 38.2 Å². The minimum atomic E-state index is 0. The number of nitrogens with zero attached hydrogens (tertiary/aromatic N) is 1. The van der Waals surface area contributed by atoms with Gasteiger partial charge in [0.25, 0.3) is 0 Å². The molecule has 1 aliphatic rings. The van der Waals surface area contributed by atoms with Crippen LogP contribution in [0.2, 0.25) is 0 Å². The molecule has 6 nitrogen and oxygen atoms in total. The number of benzene rings is 1. The molecule has 0 bridgehead atoms. The monoisotopic (exact) mass is 474 g/mol. The molecular formula is C19H31IN4O2. The number of rotatable bonds is 7. The molecule has 3 N–H and O–H groups in total. The number of guanidine groups is 1. The van der Waals surface area contributed by atoms with Crippen molar-refractivity contribution >= 4 is 41.5 Å². The number of amides is 1. The Balaban J connectivity index is 0.00000338. The van der Waals surface area contributed by atoms with E-state index in [2.05, 4.69) is 20.9 Å². The molecule has 0 spiro atoms. The summed E-state index contributed by atoms with van der Waals surface area (Å²) in [6, 6.07) is 8.11. The lowest BCUT2D eigenvalue weighted by atomic mass is 10.1. The highest BCUT2D eigenvalue weighted by Crippen LogP contribution is 2.26. The molecule has 0 saturated heterocycles. The van der Waals surface area contributed by atoms with Crippen molar-refractivity contribution in [2.45, 2.75) is 45.2 Å². The molecule has 146 valence electrons. The van der Waals surface area contributed by atoms with E-state index in [0.717, 1.165) is 42.9 Å². The number of ether oxygens (including phenoxy) is 1. The fourth-order valence-corrected chi connectivity index (χ4v) is 3.10. The van der Waals surface area contributed by atoms with Crippen LogP contribution in [0.4, 0.5) is 5.69 Å². The number of nitrogens with one attached hydrogen (secondary N) is 3.